The monoisotopic (exact) mass is 339 g/mol. The fourth-order valence-electron chi connectivity index (χ4n) is 2.81. The molecule has 0 radical (unpaired) electrons. The number of aryl methyl sites for hydroxylation is 1. The molecule has 0 unspecified atom stereocenters. The van der Waals surface area contributed by atoms with Crippen molar-refractivity contribution in [2.45, 2.75) is 19.4 Å². The minimum absolute atomic E-state index is 0.00852. The lowest BCUT2D eigenvalue weighted by atomic mass is 10.2. The summed E-state index contributed by atoms with van der Waals surface area (Å²) in [5.41, 5.74) is 2.65. The van der Waals surface area contributed by atoms with E-state index in [1.165, 1.54) is 0 Å². The van der Waals surface area contributed by atoms with Crippen molar-refractivity contribution in [1.29, 1.82) is 0 Å². The minimum atomic E-state index is -0.307. The molecule has 0 aliphatic carbocycles. The van der Waals surface area contributed by atoms with Gasteiger partial charge in [-0.05, 0) is 43.3 Å². The number of urea groups is 1. The van der Waals surface area contributed by atoms with Crippen molar-refractivity contribution >= 4 is 23.3 Å². The summed E-state index contributed by atoms with van der Waals surface area (Å²) in [6.07, 6.45) is 0.285. The van der Waals surface area contributed by atoms with Crippen LogP contribution in [-0.4, -0.2) is 31.6 Å². The van der Waals surface area contributed by atoms with Crippen molar-refractivity contribution in [3.8, 4) is 5.75 Å². The summed E-state index contributed by atoms with van der Waals surface area (Å²) in [5, 5.41) is 5.64. The Morgan fingerprint density at radius 1 is 1.12 bits per heavy atom. The van der Waals surface area contributed by atoms with Gasteiger partial charge in [-0.25, -0.2) is 4.79 Å². The highest BCUT2D eigenvalue weighted by molar-refractivity contribution is 5.97. The molecule has 3 amide bonds. The second-order valence-corrected chi connectivity index (χ2v) is 6.07. The number of rotatable bonds is 4. The molecule has 0 spiro atoms. The van der Waals surface area contributed by atoms with E-state index in [0.717, 1.165) is 22.7 Å². The molecule has 0 saturated carbocycles. The second kappa shape index (κ2) is 7.25. The molecule has 1 atom stereocenters. The number of carbonyl (C=O) groups excluding carboxylic acids is 2. The zero-order chi connectivity index (χ0) is 17.8. The number of hydrogen-bond donors (Lipinski definition) is 2. The highest BCUT2D eigenvalue weighted by Crippen LogP contribution is 2.24. The van der Waals surface area contributed by atoms with Crippen LogP contribution in [0.15, 0.2) is 48.5 Å². The molecule has 1 aliphatic rings. The largest absolute Gasteiger partial charge is 0.497 e. The average Bonchev–Trinajstić information content (AvgIpc) is 2.97. The molecule has 2 aromatic rings. The summed E-state index contributed by atoms with van der Waals surface area (Å²) < 4.78 is 5.13. The van der Waals surface area contributed by atoms with E-state index in [4.69, 9.17) is 4.74 Å². The Labute approximate surface area is 146 Å². The predicted molar refractivity (Wildman–Crippen MR) is 97.1 cm³/mol. The third-order valence-corrected chi connectivity index (χ3v) is 4.15. The van der Waals surface area contributed by atoms with Crippen molar-refractivity contribution in [3.05, 3.63) is 54.1 Å². The average molecular weight is 339 g/mol. The molecule has 6 heteroatoms. The first-order chi connectivity index (χ1) is 12.0. The number of benzene rings is 2. The van der Waals surface area contributed by atoms with Gasteiger partial charge in [0.2, 0.25) is 5.91 Å². The topological polar surface area (TPSA) is 70.7 Å². The SMILES string of the molecule is COc1ccc(N2C[C@@H](NC(=O)Nc3ccc(C)cc3)CC2=O)cc1. The summed E-state index contributed by atoms with van der Waals surface area (Å²) in [6, 6.07) is 14.3. The molecule has 1 fully saturated rings. The third kappa shape index (κ3) is 4.09. The third-order valence-electron chi connectivity index (χ3n) is 4.15. The maximum absolute atomic E-state index is 12.2. The van der Waals surface area contributed by atoms with Crippen LogP contribution in [-0.2, 0) is 4.79 Å². The smallest absolute Gasteiger partial charge is 0.319 e. The molecule has 130 valence electrons. The fourth-order valence-corrected chi connectivity index (χ4v) is 2.81. The van der Waals surface area contributed by atoms with Gasteiger partial charge in [0.25, 0.3) is 0 Å². The molecule has 25 heavy (non-hydrogen) atoms. The lowest BCUT2D eigenvalue weighted by molar-refractivity contribution is -0.117. The second-order valence-electron chi connectivity index (χ2n) is 6.07. The summed E-state index contributed by atoms with van der Waals surface area (Å²) in [7, 11) is 1.60. The Hall–Kier alpha value is -3.02. The Morgan fingerprint density at radius 3 is 2.44 bits per heavy atom. The maximum Gasteiger partial charge on any atom is 0.319 e. The molecule has 1 saturated heterocycles. The Balaban J connectivity index is 1.58. The number of nitrogens with zero attached hydrogens (tertiary/aromatic N) is 1. The van der Waals surface area contributed by atoms with Crippen LogP contribution >= 0.6 is 0 Å². The minimum Gasteiger partial charge on any atom is -0.497 e. The first kappa shape index (κ1) is 16.8. The van der Waals surface area contributed by atoms with Crippen LogP contribution in [0.3, 0.4) is 0 Å². The van der Waals surface area contributed by atoms with Gasteiger partial charge in [0.05, 0.1) is 13.2 Å². The van der Waals surface area contributed by atoms with Crippen molar-refractivity contribution in [3.63, 3.8) is 0 Å². The number of carbonyl (C=O) groups is 2. The number of methoxy groups -OCH3 is 1. The zero-order valence-corrected chi connectivity index (χ0v) is 14.3. The highest BCUT2D eigenvalue weighted by atomic mass is 16.5. The van der Waals surface area contributed by atoms with Gasteiger partial charge in [0, 0.05) is 24.3 Å². The van der Waals surface area contributed by atoms with Crippen LogP contribution < -0.4 is 20.3 Å². The van der Waals surface area contributed by atoms with Crippen LogP contribution in [0.1, 0.15) is 12.0 Å². The van der Waals surface area contributed by atoms with Gasteiger partial charge in [0.1, 0.15) is 5.75 Å². The van der Waals surface area contributed by atoms with E-state index in [2.05, 4.69) is 10.6 Å². The van der Waals surface area contributed by atoms with Gasteiger partial charge in [0.15, 0.2) is 0 Å². The number of hydrogen-bond acceptors (Lipinski definition) is 3. The number of anilines is 2. The van der Waals surface area contributed by atoms with Gasteiger partial charge >= 0.3 is 6.03 Å². The Kier molecular flexibility index (Phi) is 4.88. The van der Waals surface area contributed by atoms with Gasteiger partial charge in [-0.15, -0.1) is 0 Å². The quantitative estimate of drug-likeness (QED) is 0.900. The molecule has 1 heterocycles. The summed E-state index contributed by atoms with van der Waals surface area (Å²) in [6.45, 7) is 2.44. The van der Waals surface area contributed by atoms with E-state index < -0.39 is 0 Å². The standard InChI is InChI=1S/C19H21N3O3/c1-13-3-5-14(6-4-13)20-19(24)21-15-11-18(23)22(12-15)16-7-9-17(25-2)10-8-16/h3-10,15H,11-12H2,1-2H3,(H2,20,21,24)/t15-/m0/s1. The number of amides is 3. The summed E-state index contributed by atoms with van der Waals surface area (Å²) in [5.74, 6) is 0.730. The lowest BCUT2D eigenvalue weighted by Gasteiger charge is -2.17. The number of nitrogens with one attached hydrogen (secondary N) is 2. The van der Waals surface area contributed by atoms with E-state index in [-0.39, 0.29) is 24.4 Å². The highest BCUT2D eigenvalue weighted by Gasteiger charge is 2.31. The Bertz CT molecular complexity index is 756. The van der Waals surface area contributed by atoms with E-state index in [1.807, 2.05) is 55.5 Å². The number of ether oxygens (including phenoxy) is 1. The van der Waals surface area contributed by atoms with Crippen molar-refractivity contribution in [2.75, 3.05) is 23.9 Å². The molecule has 6 nitrogen and oxygen atoms in total. The molecule has 2 N–H and O–H groups in total. The Morgan fingerprint density at radius 2 is 1.80 bits per heavy atom. The lowest BCUT2D eigenvalue weighted by Crippen LogP contribution is -2.39. The van der Waals surface area contributed by atoms with Crippen LogP contribution in [0.5, 0.6) is 5.75 Å². The van der Waals surface area contributed by atoms with E-state index in [0.29, 0.717) is 6.54 Å². The molecule has 2 aromatic carbocycles. The molecule has 0 bridgehead atoms. The van der Waals surface area contributed by atoms with Crippen molar-refractivity contribution in [1.82, 2.24) is 5.32 Å². The predicted octanol–water partition coefficient (Wildman–Crippen LogP) is 2.93. The normalized spacial score (nSPS) is 16.6. The molecule has 3 rings (SSSR count). The zero-order valence-electron chi connectivity index (χ0n) is 14.3. The molecular formula is C19H21N3O3. The summed E-state index contributed by atoms with van der Waals surface area (Å²) in [4.78, 5) is 26.0. The molecule has 1 aliphatic heterocycles. The van der Waals surface area contributed by atoms with Crippen LogP contribution in [0.4, 0.5) is 16.2 Å². The van der Waals surface area contributed by atoms with Crippen molar-refractivity contribution in [2.24, 2.45) is 0 Å². The van der Waals surface area contributed by atoms with Gasteiger partial charge < -0.3 is 20.3 Å². The molecule has 0 aromatic heterocycles. The van der Waals surface area contributed by atoms with Crippen LogP contribution in [0.25, 0.3) is 0 Å². The van der Waals surface area contributed by atoms with Gasteiger partial charge in [-0.2, -0.15) is 0 Å². The first-order valence-electron chi connectivity index (χ1n) is 8.14. The van der Waals surface area contributed by atoms with Gasteiger partial charge in [-0.1, -0.05) is 17.7 Å². The fraction of sp³-hybridized carbons (Fsp3) is 0.263. The molecular weight excluding hydrogens is 318 g/mol. The summed E-state index contributed by atoms with van der Waals surface area (Å²) >= 11 is 0. The van der Waals surface area contributed by atoms with E-state index in [1.54, 1.807) is 12.0 Å². The van der Waals surface area contributed by atoms with Gasteiger partial charge in [-0.3, -0.25) is 4.79 Å². The van der Waals surface area contributed by atoms with E-state index >= 15 is 0 Å². The maximum atomic E-state index is 12.2. The van der Waals surface area contributed by atoms with Crippen LogP contribution in [0.2, 0.25) is 0 Å². The van der Waals surface area contributed by atoms with Crippen molar-refractivity contribution < 1.29 is 14.3 Å². The van der Waals surface area contributed by atoms with E-state index in [9.17, 15) is 9.59 Å². The van der Waals surface area contributed by atoms with Crippen LogP contribution in [0, 0.1) is 6.92 Å². The first-order valence-corrected chi connectivity index (χ1v) is 8.14.